The third-order valence-corrected chi connectivity index (χ3v) is 6.62. The van der Waals surface area contributed by atoms with Gasteiger partial charge in [0, 0.05) is 18.8 Å². The first-order valence-electron chi connectivity index (χ1n) is 10.1. The van der Waals surface area contributed by atoms with Crippen LogP contribution in [0, 0.1) is 0 Å². The molecule has 6 heteroatoms. The quantitative estimate of drug-likeness (QED) is 0.456. The predicted molar refractivity (Wildman–Crippen MR) is 119 cm³/mol. The molecule has 1 saturated carbocycles. The first-order chi connectivity index (χ1) is 14.1. The van der Waals surface area contributed by atoms with Crippen LogP contribution in [0.3, 0.4) is 0 Å². The molecule has 0 N–H and O–H groups in total. The molecule has 1 unspecified atom stereocenters. The molecular weight excluding hydrogens is 382 g/mol. The van der Waals surface area contributed by atoms with Crippen molar-refractivity contribution in [1.82, 2.24) is 9.55 Å². The van der Waals surface area contributed by atoms with Gasteiger partial charge in [0.2, 0.25) is 5.91 Å². The maximum Gasteiger partial charge on any atom is 0.262 e. The Hall–Kier alpha value is -2.60. The van der Waals surface area contributed by atoms with E-state index in [0.29, 0.717) is 16.1 Å². The highest BCUT2D eigenvalue weighted by Crippen LogP contribution is 2.33. The highest BCUT2D eigenvalue weighted by molar-refractivity contribution is 8.00. The Morgan fingerprint density at radius 3 is 2.48 bits per heavy atom. The fraction of sp³-hybridized carbons (Fsp3) is 0.348. The molecule has 1 aliphatic carbocycles. The number of hydrogen-bond acceptors (Lipinski definition) is 4. The van der Waals surface area contributed by atoms with Gasteiger partial charge in [-0.2, -0.15) is 0 Å². The van der Waals surface area contributed by atoms with Crippen LogP contribution in [0.2, 0.25) is 0 Å². The predicted octanol–water partition coefficient (Wildman–Crippen LogP) is 4.66. The molecule has 0 saturated heterocycles. The van der Waals surface area contributed by atoms with Crippen LogP contribution in [-0.4, -0.2) is 27.8 Å². The molecule has 1 atom stereocenters. The molecule has 0 radical (unpaired) electrons. The average Bonchev–Trinajstić information content (AvgIpc) is 3.27. The summed E-state index contributed by atoms with van der Waals surface area (Å²) in [5.74, 6) is -0.0124. The van der Waals surface area contributed by atoms with Crippen molar-refractivity contribution in [3.63, 3.8) is 0 Å². The van der Waals surface area contributed by atoms with Crippen LogP contribution in [0.4, 0.5) is 5.69 Å². The number of hydrogen-bond donors (Lipinski definition) is 0. The molecule has 0 spiro atoms. The van der Waals surface area contributed by atoms with E-state index in [1.165, 1.54) is 11.8 Å². The number of para-hydroxylation sites is 2. The minimum atomic E-state index is -0.360. The SMILES string of the molecule is CC(Sc1nc2ccccc2c(=O)n1C1CCCC1)C(=O)N(C)c1ccccc1. The van der Waals surface area contributed by atoms with Crippen LogP contribution in [0.5, 0.6) is 0 Å². The van der Waals surface area contributed by atoms with E-state index in [9.17, 15) is 9.59 Å². The first-order valence-corrected chi connectivity index (χ1v) is 10.9. The highest BCUT2D eigenvalue weighted by atomic mass is 32.2. The summed E-state index contributed by atoms with van der Waals surface area (Å²) in [5.41, 5.74) is 1.54. The summed E-state index contributed by atoms with van der Waals surface area (Å²) in [6.07, 6.45) is 4.22. The summed E-state index contributed by atoms with van der Waals surface area (Å²) in [6.45, 7) is 1.88. The van der Waals surface area contributed by atoms with Crippen molar-refractivity contribution in [3.05, 3.63) is 65.0 Å². The Labute approximate surface area is 174 Å². The van der Waals surface area contributed by atoms with Gasteiger partial charge in [-0.1, -0.05) is 54.9 Å². The Bertz CT molecular complexity index is 1070. The van der Waals surface area contributed by atoms with Crippen molar-refractivity contribution in [3.8, 4) is 0 Å². The van der Waals surface area contributed by atoms with Gasteiger partial charge in [0.15, 0.2) is 5.16 Å². The zero-order valence-electron chi connectivity index (χ0n) is 16.7. The Morgan fingerprint density at radius 1 is 1.10 bits per heavy atom. The minimum Gasteiger partial charge on any atom is -0.315 e. The fourth-order valence-electron chi connectivity index (χ4n) is 3.95. The van der Waals surface area contributed by atoms with Crippen LogP contribution >= 0.6 is 11.8 Å². The van der Waals surface area contributed by atoms with E-state index in [-0.39, 0.29) is 22.8 Å². The van der Waals surface area contributed by atoms with E-state index >= 15 is 0 Å². The van der Waals surface area contributed by atoms with Crippen LogP contribution in [-0.2, 0) is 4.79 Å². The summed E-state index contributed by atoms with van der Waals surface area (Å²) in [6, 6.07) is 17.2. The van der Waals surface area contributed by atoms with Crippen molar-refractivity contribution in [2.75, 3.05) is 11.9 Å². The molecule has 29 heavy (non-hydrogen) atoms. The number of rotatable bonds is 5. The number of thioether (sulfide) groups is 1. The van der Waals surface area contributed by atoms with Gasteiger partial charge >= 0.3 is 0 Å². The van der Waals surface area contributed by atoms with E-state index in [0.717, 1.165) is 31.4 Å². The highest BCUT2D eigenvalue weighted by Gasteiger charge is 2.27. The molecule has 150 valence electrons. The topological polar surface area (TPSA) is 55.2 Å². The number of carbonyl (C=O) groups is 1. The number of fused-ring (bicyclic) bond motifs is 1. The molecule has 0 aliphatic heterocycles. The van der Waals surface area contributed by atoms with Crippen molar-refractivity contribution < 1.29 is 4.79 Å². The fourth-order valence-corrected chi connectivity index (χ4v) is 5.02. The molecular formula is C23H25N3O2S. The molecule has 4 rings (SSSR count). The lowest BCUT2D eigenvalue weighted by molar-refractivity contribution is -0.117. The second-order valence-electron chi connectivity index (χ2n) is 7.52. The van der Waals surface area contributed by atoms with Gasteiger partial charge in [-0.05, 0) is 44.0 Å². The molecule has 1 amide bonds. The molecule has 1 fully saturated rings. The van der Waals surface area contributed by atoms with Crippen LogP contribution in [0.25, 0.3) is 10.9 Å². The molecule has 3 aromatic rings. The van der Waals surface area contributed by atoms with Crippen molar-refractivity contribution in [2.24, 2.45) is 0 Å². The maximum absolute atomic E-state index is 13.3. The zero-order valence-corrected chi connectivity index (χ0v) is 17.6. The normalized spacial score (nSPS) is 15.5. The number of aromatic nitrogens is 2. The summed E-state index contributed by atoms with van der Waals surface area (Å²) >= 11 is 1.38. The number of amides is 1. The largest absolute Gasteiger partial charge is 0.315 e. The Balaban J connectivity index is 1.68. The summed E-state index contributed by atoms with van der Waals surface area (Å²) < 4.78 is 1.84. The van der Waals surface area contributed by atoms with Crippen LogP contribution in [0.15, 0.2) is 64.5 Å². The molecule has 5 nitrogen and oxygen atoms in total. The lowest BCUT2D eigenvalue weighted by Gasteiger charge is -2.23. The smallest absolute Gasteiger partial charge is 0.262 e. The van der Waals surface area contributed by atoms with Gasteiger partial charge in [0.25, 0.3) is 5.56 Å². The molecule has 1 heterocycles. The number of carbonyl (C=O) groups excluding carboxylic acids is 1. The second kappa shape index (κ2) is 8.41. The van der Waals surface area contributed by atoms with Gasteiger partial charge in [0.1, 0.15) is 0 Å². The third-order valence-electron chi connectivity index (χ3n) is 5.57. The summed E-state index contributed by atoms with van der Waals surface area (Å²) in [7, 11) is 1.78. The van der Waals surface area contributed by atoms with Crippen LogP contribution < -0.4 is 10.5 Å². The molecule has 0 bridgehead atoms. The first kappa shape index (κ1) is 19.7. The van der Waals surface area contributed by atoms with E-state index in [1.807, 2.05) is 66.1 Å². The maximum atomic E-state index is 13.3. The average molecular weight is 408 g/mol. The molecule has 2 aromatic carbocycles. The monoisotopic (exact) mass is 407 g/mol. The number of anilines is 1. The van der Waals surface area contributed by atoms with Crippen molar-refractivity contribution >= 4 is 34.3 Å². The zero-order chi connectivity index (χ0) is 20.4. The lowest BCUT2D eigenvalue weighted by atomic mass is 10.2. The van der Waals surface area contributed by atoms with Gasteiger partial charge in [-0.3, -0.25) is 14.2 Å². The minimum absolute atomic E-state index is 0.000984. The second-order valence-corrected chi connectivity index (χ2v) is 8.83. The Kier molecular flexibility index (Phi) is 5.72. The summed E-state index contributed by atoms with van der Waals surface area (Å²) in [5, 5.41) is 0.924. The Morgan fingerprint density at radius 2 is 1.76 bits per heavy atom. The van der Waals surface area contributed by atoms with Gasteiger partial charge < -0.3 is 4.90 Å². The van der Waals surface area contributed by atoms with Gasteiger partial charge in [-0.25, -0.2) is 4.98 Å². The van der Waals surface area contributed by atoms with Crippen molar-refractivity contribution in [2.45, 2.75) is 49.1 Å². The van der Waals surface area contributed by atoms with E-state index in [1.54, 1.807) is 11.9 Å². The van der Waals surface area contributed by atoms with Crippen molar-refractivity contribution in [1.29, 1.82) is 0 Å². The number of nitrogens with zero attached hydrogens (tertiary/aromatic N) is 3. The van der Waals surface area contributed by atoms with Gasteiger partial charge in [-0.15, -0.1) is 0 Å². The standard InChI is InChI=1S/C23H25N3O2S/c1-16(21(27)25(2)17-10-4-3-5-11-17)29-23-24-20-15-9-8-14-19(20)22(28)26(23)18-12-6-7-13-18/h3-5,8-11,14-16,18H,6-7,12-13H2,1-2H3. The summed E-state index contributed by atoms with van der Waals surface area (Å²) in [4.78, 5) is 32.7. The van der Waals surface area contributed by atoms with Gasteiger partial charge in [0.05, 0.1) is 16.2 Å². The van der Waals surface area contributed by atoms with E-state index in [2.05, 4.69) is 0 Å². The molecule has 1 aromatic heterocycles. The lowest BCUT2D eigenvalue weighted by Crippen LogP contribution is -2.34. The molecule has 1 aliphatic rings. The van der Waals surface area contributed by atoms with E-state index < -0.39 is 0 Å². The number of benzene rings is 2. The van der Waals surface area contributed by atoms with Crippen LogP contribution in [0.1, 0.15) is 38.6 Å². The third kappa shape index (κ3) is 3.94. The van der Waals surface area contributed by atoms with E-state index in [4.69, 9.17) is 4.98 Å².